The van der Waals surface area contributed by atoms with Gasteiger partial charge in [-0.05, 0) is 38.3 Å². The molecule has 138 valence electrons. The quantitative estimate of drug-likeness (QED) is 0.682. The molecule has 3 N–H and O–H groups in total. The summed E-state index contributed by atoms with van der Waals surface area (Å²) in [5.74, 6) is 0.605. The summed E-state index contributed by atoms with van der Waals surface area (Å²) in [6, 6.07) is 6.86. The van der Waals surface area contributed by atoms with Gasteiger partial charge in [0.1, 0.15) is 11.8 Å². The Kier molecular flexibility index (Phi) is 7.06. The lowest BCUT2D eigenvalue weighted by atomic mass is 10.1. The van der Waals surface area contributed by atoms with Crippen molar-refractivity contribution in [3.63, 3.8) is 0 Å². The monoisotopic (exact) mass is 349 g/mol. The summed E-state index contributed by atoms with van der Waals surface area (Å²) in [7, 11) is 0. The number of aliphatic hydroxyl groups excluding tert-OH is 1. The van der Waals surface area contributed by atoms with Crippen LogP contribution in [0.4, 0.5) is 4.79 Å². The van der Waals surface area contributed by atoms with Gasteiger partial charge in [-0.15, -0.1) is 0 Å². The third kappa shape index (κ3) is 5.35. The lowest BCUT2D eigenvalue weighted by Crippen LogP contribution is -2.59. The minimum absolute atomic E-state index is 0.0850. The Hall–Kier alpha value is -2.28. The number of carbonyl (C=O) groups excluding carboxylic acids is 2. The predicted octanol–water partition coefficient (Wildman–Crippen LogP) is 0.909. The molecule has 0 bridgehead atoms. The first-order valence-electron chi connectivity index (χ1n) is 8.70. The summed E-state index contributed by atoms with van der Waals surface area (Å²) < 4.78 is 5.78. The maximum absolute atomic E-state index is 12.4. The third-order valence-corrected chi connectivity index (χ3v) is 4.00. The molecule has 7 heteroatoms. The van der Waals surface area contributed by atoms with Crippen LogP contribution in [0, 0.1) is 0 Å². The van der Waals surface area contributed by atoms with Crippen LogP contribution in [0.2, 0.25) is 0 Å². The normalized spacial score (nSPS) is 17.4. The molecule has 0 unspecified atom stereocenters. The molecule has 1 aliphatic rings. The van der Waals surface area contributed by atoms with Crippen LogP contribution in [-0.4, -0.2) is 60.3 Å². The van der Waals surface area contributed by atoms with E-state index in [1.165, 1.54) is 4.90 Å². The molecule has 1 aromatic carbocycles. The molecule has 0 radical (unpaired) electrons. The minimum atomic E-state index is -0.615. The van der Waals surface area contributed by atoms with E-state index in [4.69, 9.17) is 9.84 Å². The van der Waals surface area contributed by atoms with Crippen LogP contribution in [0.25, 0.3) is 0 Å². The van der Waals surface area contributed by atoms with Gasteiger partial charge in [0.05, 0.1) is 6.10 Å². The molecule has 1 saturated heterocycles. The number of para-hydroxylation sites is 1. The highest BCUT2D eigenvalue weighted by atomic mass is 16.5. The second-order valence-electron chi connectivity index (χ2n) is 6.27. The Morgan fingerprint density at radius 2 is 2.20 bits per heavy atom. The van der Waals surface area contributed by atoms with Crippen molar-refractivity contribution in [1.29, 1.82) is 0 Å². The predicted molar refractivity (Wildman–Crippen MR) is 94.5 cm³/mol. The number of carbonyl (C=O) groups is 2. The fourth-order valence-corrected chi connectivity index (χ4v) is 2.85. The molecule has 0 saturated carbocycles. The van der Waals surface area contributed by atoms with Gasteiger partial charge >= 0.3 is 6.03 Å². The van der Waals surface area contributed by atoms with E-state index in [2.05, 4.69) is 10.6 Å². The van der Waals surface area contributed by atoms with Gasteiger partial charge in [0, 0.05) is 26.2 Å². The zero-order chi connectivity index (χ0) is 18.2. The van der Waals surface area contributed by atoms with Gasteiger partial charge in [-0.25, -0.2) is 4.79 Å². The van der Waals surface area contributed by atoms with E-state index < -0.39 is 6.04 Å². The molecule has 1 atom stereocenters. The van der Waals surface area contributed by atoms with Crippen molar-refractivity contribution in [1.82, 2.24) is 15.5 Å². The molecule has 0 aliphatic carbocycles. The maximum Gasteiger partial charge on any atom is 0.318 e. The smallest absolute Gasteiger partial charge is 0.318 e. The number of ether oxygens (including phenoxy) is 1. The van der Waals surface area contributed by atoms with Crippen LogP contribution in [0.3, 0.4) is 0 Å². The van der Waals surface area contributed by atoms with Gasteiger partial charge in [-0.2, -0.15) is 0 Å². The van der Waals surface area contributed by atoms with Crippen molar-refractivity contribution < 1.29 is 19.4 Å². The number of aliphatic hydroxyl groups is 1. The molecule has 25 heavy (non-hydrogen) atoms. The number of nitrogens with zero attached hydrogens (tertiary/aromatic N) is 1. The van der Waals surface area contributed by atoms with Crippen molar-refractivity contribution in [3.8, 4) is 5.75 Å². The molecule has 1 aliphatic heterocycles. The molecule has 0 spiro atoms. The Morgan fingerprint density at radius 1 is 1.44 bits per heavy atom. The van der Waals surface area contributed by atoms with Gasteiger partial charge in [0.15, 0.2) is 0 Å². The Labute approximate surface area is 148 Å². The molecular weight excluding hydrogens is 322 g/mol. The minimum Gasteiger partial charge on any atom is -0.491 e. The Bertz CT molecular complexity index is 591. The molecule has 3 amide bonds. The van der Waals surface area contributed by atoms with Gasteiger partial charge in [-0.3, -0.25) is 4.79 Å². The number of urea groups is 1. The molecule has 1 fully saturated rings. The highest BCUT2D eigenvalue weighted by molar-refractivity contribution is 5.88. The third-order valence-electron chi connectivity index (χ3n) is 4.00. The number of rotatable bonds is 7. The van der Waals surface area contributed by atoms with E-state index in [0.717, 1.165) is 11.3 Å². The first kappa shape index (κ1) is 19.1. The second-order valence-corrected chi connectivity index (χ2v) is 6.27. The maximum atomic E-state index is 12.4. The van der Waals surface area contributed by atoms with Gasteiger partial charge in [-0.1, -0.05) is 18.2 Å². The second kappa shape index (κ2) is 9.27. The van der Waals surface area contributed by atoms with Crippen LogP contribution in [0.5, 0.6) is 5.75 Å². The van der Waals surface area contributed by atoms with E-state index in [0.29, 0.717) is 26.1 Å². The van der Waals surface area contributed by atoms with Crippen LogP contribution < -0.4 is 15.4 Å². The number of hydrogen-bond donors (Lipinski definition) is 3. The summed E-state index contributed by atoms with van der Waals surface area (Å²) >= 11 is 0. The number of nitrogens with one attached hydrogen (secondary N) is 2. The summed E-state index contributed by atoms with van der Waals surface area (Å²) in [6.07, 6.45) is 0.964. The van der Waals surface area contributed by atoms with E-state index >= 15 is 0 Å². The number of hydrogen-bond acceptors (Lipinski definition) is 4. The standard InChI is InChI=1S/C18H27N3O4/c1-13(2)25-16-6-4-3-5-14(16)7-9-20-18(24)21-11-10-19-17(23)15(21)8-12-22/h3-6,13,15,22H,7-12H2,1-2H3,(H,19,23)(H,20,24)/t15-/m1/s1. The molecule has 0 aromatic heterocycles. The van der Waals surface area contributed by atoms with Crippen LogP contribution in [0.15, 0.2) is 24.3 Å². The number of amides is 3. The Balaban J connectivity index is 1.91. The van der Waals surface area contributed by atoms with Gasteiger partial charge in [0.25, 0.3) is 0 Å². The van der Waals surface area contributed by atoms with E-state index in [1.54, 1.807) is 0 Å². The summed E-state index contributed by atoms with van der Waals surface area (Å²) in [4.78, 5) is 25.8. The largest absolute Gasteiger partial charge is 0.491 e. The zero-order valence-corrected chi connectivity index (χ0v) is 14.8. The van der Waals surface area contributed by atoms with E-state index in [1.807, 2.05) is 38.1 Å². The van der Waals surface area contributed by atoms with Crippen molar-refractivity contribution in [2.24, 2.45) is 0 Å². The summed E-state index contributed by atoms with van der Waals surface area (Å²) in [5, 5.41) is 14.7. The number of benzene rings is 1. The van der Waals surface area contributed by atoms with Crippen molar-refractivity contribution in [3.05, 3.63) is 29.8 Å². The SMILES string of the molecule is CC(C)Oc1ccccc1CCNC(=O)N1CCNC(=O)[C@H]1CCO. The molecular formula is C18H27N3O4. The fraction of sp³-hybridized carbons (Fsp3) is 0.556. The van der Waals surface area contributed by atoms with Gasteiger partial charge in [0.2, 0.25) is 5.91 Å². The first-order chi connectivity index (χ1) is 12.0. The van der Waals surface area contributed by atoms with Crippen molar-refractivity contribution in [2.45, 2.75) is 38.8 Å². The van der Waals surface area contributed by atoms with Crippen LogP contribution in [-0.2, 0) is 11.2 Å². The van der Waals surface area contributed by atoms with Crippen LogP contribution in [0.1, 0.15) is 25.8 Å². The zero-order valence-electron chi connectivity index (χ0n) is 14.8. The summed E-state index contributed by atoms with van der Waals surface area (Å²) in [5.41, 5.74) is 1.03. The topological polar surface area (TPSA) is 90.9 Å². The van der Waals surface area contributed by atoms with E-state index in [9.17, 15) is 9.59 Å². The average Bonchev–Trinajstić information content (AvgIpc) is 2.58. The van der Waals surface area contributed by atoms with Crippen molar-refractivity contribution >= 4 is 11.9 Å². The fourth-order valence-electron chi connectivity index (χ4n) is 2.85. The Morgan fingerprint density at radius 3 is 2.92 bits per heavy atom. The number of piperazine rings is 1. The highest BCUT2D eigenvalue weighted by Crippen LogP contribution is 2.19. The highest BCUT2D eigenvalue weighted by Gasteiger charge is 2.32. The lowest BCUT2D eigenvalue weighted by Gasteiger charge is -2.34. The van der Waals surface area contributed by atoms with E-state index in [-0.39, 0.29) is 31.1 Å². The first-order valence-corrected chi connectivity index (χ1v) is 8.70. The molecule has 2 rings (SSSR count). The molecule has 1 heterocycles. The lowest BCUT2D eigenvalue weighted by molar-refractivity contribution is -0.128. The van der Waals surface area contributed by atoms with Gasteiger partial charge < -0.3 is 25.4 Å². The van der Waals surface area contributed by atoms with Crippen LogP contribution >= 0.6 is 0 Å². The summed E-state index contributed by atoms with van der Waals surface area (Å²) in [6.45, 7) is 5.13. The average molecular weight is 349 g/mol. The molecule has 1 aromatic rings. The van der Waals surface area contributed by atoms with Crippen molar-refractivity contribution in [2.75, 3.05) is 26.2 Å². The molecule has 7 nitrogen and oxygen atoms in total.